The topological polar surface area (TPSA) is 50.2 Å². The summed E-state index contributed by atoms with van der Waals surface area (Å²) in [4.78, 5) is 16.0. The zero-order chi connectivity index (χ0) is 18.6. The number of carboxylic acids is 1. The Bertz CT molecular complexity index is 1200. The lowest BCUT2D eigenvalue weighted by Crippen LogP contribution is -2.01. The van der Waals surface area contributed by atoms with Crippen molar-refractivity contribution in [3.05, 3.63) is 102 Å². The molecule has 0 saturated heterocycles. The number of fused-ring (bicyclic) bond motifs is 1. The van der Waals surface area contributed by atoms with Gasteiger partial charge in [0.15, 0.2) is 0 Å². The average molecular weight is 349 g/mol. The third kappa shape index (κ3) is 3.42. The highest BCUT2D eigenvalue weighted by Gasteiger charge is 2.15. The maximum absolute atomic E-state index is 11.8. The molecule has 27 heavy (non-hydrogen) atoms. The van der Waals surface area contributed by atoms with Crippen molar-refractivity contribution in [1.82, 2.24) is 4.98 Å². The number of carbonyl (C=O) groups is 1. The number of aromatic nitrogens is 1. The van der Waals surface area contributed by atoms with Gasteiger partial charge in [-0.2, -0.15) is 0 Å². The SMILES string of the molecule is O=C(O)c1cccc(C#Cc2ccccc2)c1-c1ccc2cnccc2c1. The lowest BCUT2D eigenvalue weighted by Gasteiger charge is -2.10. The highest BCUT2D eigenvalue weighted by atomic mass is 16.4. The van der Waals surface area contributed by atoms with Gasteiger partial charge in [-0.3, -0.25) is 4.98 Å². The Kier molecular flexibility index (Phi) is 4.38. The van der Waals surface area contributed by atoms with Gasteiger partial charge in [-0.25, -0.2) is 4.79 Å². The van der Waals surface area contributed by atoms with Crippen molar-refractivity contribution < 1.29 is 9.90 Å². The van der Waals surface area contributed by atoms with Gasteiger partial charge >= 0.3 is 5.97 Å². The quantitative estimate of drug-likeness (QED) is 0.518. The smallest absolute Gasteiger partial charge is 0.336 e. The van der Waals surface area contributed by atoms with Crippen molar-refractivity contribution in [3.8, 4) is 23.0 Å². The molecular formula is C24H15NO2. The summed E-state index contributed by atoms with van der Waals surface area (Å²) >= 11 is 0. The van der Waals surface area contributed by atoms with Crippen LogP contribution in [0.4, 0.5) is 0 Å². The highest BCUT2D eigenvalue weighted by molar-refractivity contribution is 5.99. The maximum Gasteiger partial charge on any atom is 0.336 e. The Morgan fingerprint density at radius 3 is 2.52 bits per heavy atom. The Morgan fingerprint density at radius 1 is 0.852 bits per heavy atom. The number of benzene rings is 3. The molecule has 3 nitrogen and oxygen atoms in total. The van der Waals surface area contributed by atoms with E-state index in [-0.39, 0.29) is 5.56 Å². The molecule has 1 heterocycles. The minimum absolute atomic E-state index is 0.239. The molecule has 0 saturated carbocycles. The van der Waals surface area contributed by atoms with Gasteiger partial charge in [0.2, 0.25) is 0 Å². The molecule has 0 aliphatic rings. The molecule has 0 atom stereocenters. The molecule has 0 radical (unpaired) electrons. The van der Waals surface area contributed by atoms with Crippen LogP contribution in [0.2, 0.25) is 0 Å². The first kappa shape index (κ1) is 16.6. The number of rotatable bonds is 2. The standard InChI is InChI=1S/C24H15NO2/c26-24(27)22-8-4-7-18(10-9-17-5-2-1-3-6-17)23(22)20-11-12-21-16-25-14-13-19(21)15-20/h1-8,11-16H,(H,26,27). The van der Waals surface area contributed by atoms with Crippen LogP contribution in [0.5, 0.6) is 0 Å². The molecule has 0 amide bonds. The van der Waals surface area contributed by atoms with Crippen LogP contribution in [-0.4, -0.2) is 16.1 Å². The van der Waals surface area contributed by atoms with E-state index in [1.165, 1.54) is 0 Å². The third-order valence-corrected chi connectivity index (χ3v) is 4.34. The Labute approximate surface area is 156 Å². The van der Waals surface area contributed by atoms with Crippen LogP contribution in [0.3, 0.4) is 0 Å². The highest BCUT2D eigenvalue weighted by Crippen LogP contribution is 2.30. The van der Waals surface area contributed by atoms with E-state index in [0.717, 1.165) is 21.9 Å². The Hall–Kier alpha value is -3.90. The van der Waals surface area contributed by atoms with E-state index in [4.69, 9.17) is 0 Å². The molecular weight excluding hydrogens is 334 g/mol. The van der Waals surface area contributed by atoms with Crippen molar-refractivity contribution in [2.24, 2.45) is 0 Å². The number of pyridine rings is 1. The molecule has 1 aromatic heterocycles. The summed E-state index contributed by atoms with van der Waals surface area (Å²) in [6.45, 7) is 0. The van der Waals surface area contributed by atoms with Crippen molar-refractivity contribution >= 4 is 16.7 Å². The first-order chi connectivity index (χ1) is 13.2. The van der Waals surface area contributed by atoms with Crippen LogP contribution in [0.25, 0.3) is 21.9 Å². The molecule has 4 rings (SSSR count). The number of hydrogen-bond donors (Lipinski definition) is 1. The predicted molar refractivity (Wildman–Crippen MR) is 107 cm³/mol. The van der Waals surface area contributed by atoms with E-state index in [0.29, 0.717) is 11.1 Å². The van der Waals surface area contributed by atoms with Crippen LogP contribution in [-0.2, 0) is 0 Å². The lowest BCUT2D eigenvalue weighted by atomic mass is 9.93. The first-order valence-corrected chi connectivity index (χ1v) is 8.50. The van der Waals surface area contributed by atoms with Crippen LogP contribution in [0, 0.1) is 11.8 Å². The van der Waals surface area contributed by atoms with Crippen molar-refractivity contribution in [1.29, 1.82) is 0 Å². The molecule has 0 aliphatic heterocycles. The largest absolute Gasteiger partial charge is 0.478 e. The number of nitrogens with zero attached hydrogens (tertiary/aromatic N) is 1. The van der Waals surface area contributed by atoms with Crippen molar-refractivity contribution in [2.75, 3.05) is 0 Å². The zero-order valence-corrected chi connectivity index (χ0v) is 14.4. The van der Waals surface area contributed by atoms with E-state index >= 15 is 0 Å². The maximum atomic E-state index is 11.8. The van der Waals surface area contributed by atoms with Gasteiger partial charge in [-0.05, 0) is 47.3 Å². The molecule has 0 aliphatic carbocycles. The molecule has 0 spiro atoms. The van der Waals surface area contributed by atoms with E-state index in [1.54, 1.807) is 24.5 Å². The fourth-order valence-corrected chi connectivity index (χ4v) is 3.05. The summed E-state index contributed by atoms with van der Waals surface area (Å²) < 4.78 is 0. The van der Waals surface area contributed by atoms with Gasteiger partial charge < -0.3 is 5.11 Å². The number of hydrogen-bond acceptors (Lipinski definition) is 2. The van der Waals surface area contributed by atoms with E-state index in [2.05, 4.69) is 16.8 Å². The fourth-order valence-electron chi connectivity index (χ4n) is 3.05. The monoisotopic (exact) mass is 349 g/mol. The molecule has 0 bridgehead atoms. The van der Waals surface area contributed by atoms with E-state index in [9.17, 15) is 9.90 Å². The third-order valence-electron chi connectivity index (χ3n) is 4.34. The van der Waals surface area contributed by atoms with Crippen LogP contribution in [0.15, 0.2) is 85.2 Å². The summed E-state index contributed by atoms with van der Waals surface area (Å²) in [5.41, 5.74) is 3.26. The van der Waals surface area contributed by atoms with Gasteiger partial charge in [-0.15, -0.1) is 0 Å². The molecule has 3 heteroatoms. The van der Waals surface area contributed by atoms with Crippen molar-refractivity contribution in [3.63, 3.8) is 0 Å². The van der Waals surface area contributed by atoms with Crippen molar-refractivity contribution in [2.45, 2.75) is 0 Å². The second-order valence-corrected chi connectivity index (χ2v) is 6.09. The second kappa shape index (κ2) is 7.15. The van der Waals surface area contributed by atoms with Gasteiger partial charge in [0.05, 0.1) is 5.56 Å². The molecule has 0 unspecified atom stereocenters. The van der Waals surface area contributed by atoms with Gasteiger partial charge in [0.1, 0.15) is 0 Å². The molecule has 1 N–H and O–H groups in total. The zero-order valence-electron chi connectivity index (χ0n) is 14.4. The number of aromatic carboxylic acids is 1. The fraction of sp³-hybridized carbons (Fsp3) is 0. The summed E-state index contributed by atoms with van der Waals surface area (Å²) in [5, 5.41) is 11.7. The van der Waals surface area contributed by atoms with Gasteiger partial charge in [0.25, 0.3) is 0 Å². The van der Waals surface area contributed by atoms with Crippen LogP contribution in [0.1, 0.15) is 21.5 Å². The summed E-state index contributed by atoms with van der Waals surface area (Å²) in [5.74, 6) is 5.30. The normalized spacial score (nSPS) is 10.2. The Balaban J connectivity index is 1.91. The van der Waals surface area contributed by atoms with Gasteiger partial charge in [-0.1, -0.05) is 48.2 Å². The van der Waals surface area contributed by atoms with Crippen LogP contribution >= 0.6 is 0 Å². The molecule has 3 aromatic carbocycles. The lowest BCUT2D eigenvalue weighted by molar-refractivity contribution is 0.0697. The van der Waals surface area contributed by atoms with E-state index < -0.39 is 5.97 Å². The summed E-state index contributed by atoms with van der Waals surface area (Å²) in [7, 11) is 0. The predicted octanol–water partition coefficient (Wildman–Crippen LogP) is 5.00. The second-order valence-electron chi connectivity index (χ2n) is 6.09. The van der Waals surface area contributed by atoms with Gasteiger partial charge in [0, 0.05) is 34.5 Å². The Morgan fingerprint density at radius 2 is 1.70 bits per heavy atom. The summed E-state index contributed by atoms with van der Waals surface area (Å²) in [6, 6.07) is 22.6. The number of carboxylic acid groups (broad SMARTS) is 1. The van der Waals surface area contributed by atoms with E-state index in [1.807, 2.05) is 60.7 Å². The molecule has 128 valence electrons. The first-order valence-electron chi connectivity index (χ1n) is 8.50. The van der Waals surface area contributed by atoms with Crippen LogP contribution < -0.4 is 0 Å². The average Bonchev–Trinajstić information content (AvgIpc) is 2.72. The molecule has 0 fully saturated rings. The molecule has 4 aromatic rings. The minimum atomic E-state index is -0.969. The minimum Gasteiger partial charge on any atom is -0.478 e. The summed E-state index contributed by atoms with van der Waals surface area (Å²) in [6.07, 6.45) is 3.52.